The molecule has 0 heterocycles. The number of carbonyl (C=O) groups is 1. The third kappa shape index (κ3) is 4.42. The highest BCUT2D eigenvalue weighted by atomic mass is 35.5. The predicted molar refractivity (Wildman–Crippen MR) is 56.6 cm³/mol. The number of carbonyl (C=O) groups excluding carboxylic acids is 1. The van der Waals surface area contributed by atoms with Crippen LogP contribution in [0, 0.1) is 0 Å². The second kappa shape index (κ2) is 4.74. The summed E-state index contributed by atoms with van der Waals surface area (Å²) in [7, 11) is -4.25. The van der Waals surface area contributed by atoms with Crippen molar-refractivity contribution < 1.29 is 17.8 Å². The van der Waals surface area contributed by atoms with Gasteiger partial charge in [-0.3, -0.25) is 9.35 Å². The summed E-state index contributed by atoms with van der Waals surface area (Å²) in [4.78, 5) is 11.2. The number of benzene rings is 1. The third-order valence-corrected chi connectivity index (χ3v) is 2.74. The summed E-state index contributed by atoms with van der Waals surface area (Å²) in [5.74, 6) is -1.47. The maximum absolute atomic E-state index is 11.2. The molecule has 4 nitrogen and oxygen atoms in total. The zero-order chi connectivity index (χ0) is 11.5. The molecule has 6 heteroatoms. The first-order valence-corrected chi connectivity index (χ1v) is 6.07. The lowest BCUT2D eigenvalue weighted by atomic mass is 10.1. The van der Waals surface area contributed by atoms with Gasteiger partial charge in [0.15, 0.2) is 5.78 Å². The third-order valence-electron chi connectivity index (χ3n) is 1.69. The first-order chi connectivity index (χ1) is 6.88. The van der Waals surface area contributed by atoms with E-state index in [0.717, 1.165) is 0 Å². The molecular weight excluding hydrogens is 240 g/mol. The highest BCUT2D eigenvalue weighted by Gasteiger charge is 2.14. The van der Waals surface area contributed by atoms with Crippen LogP contribution in [0.25, 0.3) is 0 Å². The minimum absolute atomic E-state index is 0.0978. The molecule has 0 bridgehead atoms. The summed E-state index contributed by atoms with van der Waals surface area (Å²) >= 11 is 5.78. The molecule has 0 amide bonds. The van der Waals surface area contributed by atoms with Crippen molar-refractivity contribution in [1.82, 2.24) is 0 Å². The summed E-state index contributed by atoms with van der Waals surface area (Å²) in [5, 5.41) is 0.404. The van der Waals surface area contributed by atoms with Gasteiger partial charge in [0.25, 0.3) is 10.1 Å². The highest BCUT2D eigenvalue weighted by Crippen LogP contribution is 2.15. The smallest absolute Gasteiger partial charge is 0.272 e. The van der Waals surface area contributed by atoms with E-state index in [1.54, 1.807) is 24.3 Å². The minimum Gasteiger partial charge on any atom is -0.298 e. The molecule has 15 heavy (non-hydrogen) atoms. The number of Topliss-reactive ketones (excluding diaryl/α,β-unsaturated/α-hetero) is 1. The molecule has 0 aliphatic carbocycles. The normalized spacial score (nSPS) is 11.3. The molecule has 0 saturated carbocycles. The van der Waals surface area contributed by atoms with Gasteiger partial charge < -0.3 is 0 Å². The Morgan fingerprint density at radius 1 is 1.33 bits per heavy atom. The second-order valence-corrected chi connectivity index (χ2v) is 4.89. The molecule has 0 aliphatic heterocycles. The van der Waals surface area contributed by atoms with E-state index in [2.05, 4.69) is 0 Å². The van der Waals surface area contributed by atoms with Crippen molar-refractivity contribution in [3.8, 4) is 0 Å². The summed E-state index contributed by atoms with van der Waals surface area (Å²) in [5.41, 5.74) is 0.549. The van der Waals surface area contributed by atoms with Gasteiger partial charge >= 0.3 is 0 Å². The van der Waals surface area contributed by atoms with Crippen LogP contribution in [0.15, 0.2) is 24.3 Å². The Labute approximate surface area is 92.6 Å². The molecule has 1 N–H and O–H groups in total. The molecule has 1 aromatic carbocycles. The fourth-order valence-corrected chi connectivity index (χ4v) is 1.82. The van der Waals surface area contributed by atoms with Gasteiger partial charge in [0.05, 0.1) is 0 Å². The Morgan fingerprint density at radius 2 is 1.93 bits per heavy atom. The van der Waals surface area contributed by atoms with Crippen LogP contribution in [0.5, 0.6) is 0 Å². The number of rotatable bonds is 4. The number of halogens is 1. The lowest BCUT2D eigenvalue weighted by molar-refractivity contribution is -0.116. The monoisotopic (exact) mass is 248 g/mol. The van der Waals surface area contributed by atoms with Crippen molar-refractivity contribution >= 4 is 27.5 Å². The van der Waals surface area contributed by atoms with Crippen molar-refractivity contribution in [2.45, 2.75) is 6.42 Å². The number of hydrogen-bond acceptors (Lipinski definition) is 3. The van der Waals surface area contributed by atoms with Gasteiger partial charge in [-0.1, -0.05) is 29.8 Å². The topological polar surface area (TPSA) is 71.4 Å². The van der Waals surface area contributed by atoms with Crippen LogP contribution in [0.2, 0.25) is 5.02 Å². The van der Waals surface area contributed by atoms with Crippen molar-refractivity contribution in [3.05, 3.63) is 34.9 Å². The van der Waals surface area contributed by atoms with E-state index < -0.39 is 21.7 Å². The van der Waals surface area contributed by atoms with Gasteiger partial charge in [0.2, 0.25) is 0 Å². The van der Waals surface area contributed by atoms with Crippen LogP contribution in [0.3, 0.4) is 0 Å². The van der Waals surface area contributed by atoms with Crippen LogP contribution >= 0.6 is 11.6 Å². The molecule has 0 saturated heterocycles. The van der Waals surface area contributed by atoms with Crippen LogP contribution in [0.1, 0.15) is 5.56 Å². The first-order valence-electron chi connectivity index (χ1n) is 4.09. The van der Waals surface area contributed by atoms with Gasteiger partial charge in [0.1, 0.15) is 5.75 Å². The zero-order valence-electron chi connectivity index (χ0n) is 7.68. The van der Waals surface area contributed by atoms with Crippen LogP contribution in [-0.2, 0) is 21.3 Å². The second-order valence-electron chi connectivity index (χ2n) is 3.03. The quantitative estimate of drug-likeness (QED) is 0.817. The van der Waals surface area contributed by atoms with Crippen molar-refractivity contribution in [1.29, 1.82) is 0 Å². The minimum atomic E-state index is -4.25. The van der Waals surface area contributed by atoms with Crippen LogP contribution in [-0.4, -0.2) is 24.5 Å². The lowest BCUT2D eigenvalue weighted by Crippen LogP contribution is -2.16. The van der Waals surface area contributed by atoms with Crippen LogP contribution < -0.4 is 0 Å². The Bertz CT molecular complexity index is 467. The van der Waals surface area contributed by atoms with Gasteiger partial charge in [-0.25, -0.2) is 0 Å². The average Bonchev–Trinajstić information content (AvgIpc) is 2.05. The van der Waals surface area contributed by atoms with E-state index >= 15 is 0 Å². The summed E-state index contributed by atoms with van der Waals surface area (Å²) in [6.07, 6.45) is -0.0978. The van der Waals surface area contributed by atoms with E-state index in [1.807, 2.05) is 0 Å². The largest absolute Gasteiger partial charge is 0.298 e. The van der Waals surface area contributed by atoms with E-state index in [4.69, 9.17) is 16.2 Å². The van der Waals surface area contributed by atoms with E-state index in [9.17, 15) is 13.2 Å². The maximum atomic E-state index is 11.2. The maximum Gasteiger partial charge on any atom is 0.272 e. The highest BCUT2D eigenvalue weighted by molar-refractivity contribution is 7.86. The van der Waals surface area contributed by atoms with E-state index in [-0.39, 0.29) is 6.42 Å². The fraction of sp³-hybridized carbons (Fsp3) is 0.222. The zero-order valence-corrected chi connectivity index (χ0v) is 9.25. The van der Waals surface area contributed by atoms with Gasteiger partial charge in [-0.05, 0) is 11.6 Å². The Hall–Kier alpha value is -0.910. The molecule has 0 radical (unpaired) electrons. The first kappa shape index (κ1) is 12.2. The fourth-order valence-electron chi connectivity index (χ4n) is 1.11. The summed E-state index contributed by atoms with van der Waals surface area (Å²) in [6.45, 7) is 0. The molecular formula is C9H9ClO4S. The molecule has 1 rings (SSSR count). The molecule has 82 valence electrons. The predicted octanol–water partition coefficient (Wildman–Crippen LogP) is 1.34. The van der Waals surface area contributed by atoms with Crippen molar-refractivity contribution in [3.63, 3.8) is 0 Å². The molecule has 0 unspecified atom stereocenters. The van der Waals surface area contributed by atoms with Gasteiger partial charge in [-0.15, -0.1) is 0 Å². The standard InChI is InChI=1S/C9H9ClO4S/c10-9-4-2-1-3-7(9)5-8(11)6-15(12,13)14/h1-4H,5-6H2,(H,12,13,14). The number of ketones is 1. The molecule has 0 aromatic heterocycles. The molecule has 0 atom stereocenters. The van der Waals surface area contributed by atoms with Crippen molar-refractivity contribution in [2.75, 3.05) is 5.75 Å². The number of hydrogen-bond donors (Lipinski definition) is 1. The summed E-state index contributed by atoms with van der Waals surface area (Å²) < 4.78 is 29.3. The van der Waals surface area contributed by atoms with Crippen LogP contribution in [0.4, 0.5) is 0 Å². The SMILES string of the molecule is O=C(Cc1ccccc1Cl)CS(=O)(=O)O. The van der Waals surface area contributed by atoms with Crippen molar-refractivity contribution in [2.24, 2.45) is 0 Å². The Balaban J connectivity index is 2.72. The lowest BCUT2D eigenvalue weighted by Gasteiger charge is -2.01. The Kier molecular flexibility index (Phi) is 3.84. The van der Waals surface area contributed by atoms with E-state index in [0.29, 0.717) is 10.6 Å². The Morgan fingerprint density at radius 3 is 2.47 bits per heavy atom. The molecule has 0 spiro atoms. The molecule has 0 aliphatic rings. The average molecular weight is 249 g/mol. The molecule has 0 fully saturated rings. The van der Waals surface area contributed by atoms with E-state index in [1.165, 1.54) is 0 Å². The summed E-state index contributed by atoms with van der Waals surface area (Å²) in [6, 6.07) is 6.64. The van der Waals surface area contributed by atoms with Gasteiger partial charge in [0, 0.05) is 11.4 Å². The molecule has 1 aromatic rings. The van der Waals surface area contributed by atoms with Gasteiger partial charge in [-0.2, -0.15) is 8.42 Å².